The number of aryl methyl sites for hydroxylation is 1. The highest BCUT2D eigenvalue weighted by molar-refractivity contribution is 9.10. The average molecular weight is 302 g/mol. The van der Waals surface area contributed by atoms with Crippen LogP contribution in [0.4, 0.5) is 5.69 Å². The molecule has 0 amide bonds. The van der Waals surface area contributed by atoms with E-state index in [2.05, 4.69) is 25.9 Å². The highest BCUT2D eigenvalue weighted by Gasteiger charge is 2.28. The Bertz CT molecular complexity index is 484. The van der Waals surface area contributed by atoms with Crippen LogP contribution >= 0.6 is 15.9 Å². The van der Waals surface area contributed by atoms with E-state index in [1.165, 1.54) is 4.68 Å². The van der Waals surface area contributed by atoms with E-state index in [1.807, 2.05) is 13.8 Å². The summed E-state index contributed by atoms with van der Waals surface area (Å²) < 4.78 is 7.53. The monoisotopic (exact) mass is 301 g/mol. The fraction of sp³-hybridized carbons (Fsp3) is 0.636. The van der Waals surface area contributed by atoms with Crippen molar-refractivity contribution >= 4 is 21.6 Å². The molecule has 6 heteroatoms. The van der Waals surface area contributed by atoms with Crippen LogP contribution in [0.15, 0.2) is 15.5 Å². The molecule has 0 atom stereocenters. The summed E-state index contributed by atoms with van der Waals surface area (Å²) in [5.41, 5.74) is 0.523. The van der Waals surface area contributed by atoms with Gasteiger partial charge in [0.25, 0.3) is 5.56 Å². The Hall–Kier alpha value is -0.880. The number of hydrogen-bond acceptors (Lipinski definition) is 4. The number of aromatic nitrogens is 2. The summed E-state index contributed by atoms with van der Waals surface area (Å²) in [5.74, 6) is 0. The van der Waals surface area contributed by atoms with Crippen molar-refractivity contribution in [1.29, 1.82) is 0 Å². The molecule has 5 nitrogen and oxygen atoms in total. The molecule has 0 aliphatic carbocycles. The van der Waals surface area contributed by atoms with Gasteiger partial charge in [-0.2, -0.15) is 5.10 Å². The molecule has 2 heterocycles. The SMILES string of the molecule is Cn1ncc(N2CCOC(C)(C)C2)c(Br)c1=O. The molecule has 0 radical (unpaired) electrons. The molecule has 1 fully saturated rings. The van der Waals surface area contributed by atoms with Gasteiger partial charge in [-0.25, -0.2) is 4.68 Å². The van der Waals surface area contributed by atoms with E-state index in [0.29, 0.717) is 11.1 Å². The maximum absolute atomic E-state index is 11.8. The molecular formula is C11H16BrN3O2. The second-order valence-corrected chi connectivity index (χ2v) is 5.60. The molecule has 94 valence electrons. The van der Waals surface area contributed by atoms with Crippen molar-refractivity contribution in [2.75, 3.05) is 24.6 Å². The van der Waals surface area contributed by atoms with Gasteiger partial charge in [0.15, 0.2) is 0 Å². The molecule has 1 aromatic heterocycles. The second kappa shape index (κ2) is 4.42. The van der Waals surface area contributed by atoms with E-state index in [0.717, 1.165) is 18.8 Å². The van der Waals surface area contributed by atoms with Crippen LogP contribution < -0.4 is 10.5 Å². The molecule has 0 unspecified atom stereocenters. The number of anilines is 1. The summed E-state index contributed by atoms with van der Waals surface area (Å²) in [6.07, 6.45) is 1.72. The standard InChI is InChI=1S/C11H16BrN3O2/c1-11(2)7-15(4-5-17-11)8-6-13-14(3)10(16)9(8)12/h6H,4-5,7H2,1-3H3. The lowest BCUT2D eigenvalue weighted by Crippen LogP contribution is -2.49. The highest BCUT2D eigenvalue weighted by atomic mass is 79.9. The maximum atomic E-state index is 11.8. The Kier molecular flexibility index (Phi) is 3.27. The Morgan fingerprint density at radius 3 is 2.88 bits per heavy atom. The zero-order valence-corrected chi connectivity index (χ0v) is 11.8. The van der Waals surface area contributed by atoms with Crippen molar-refractivity contribution in [3.63, 3.8) is 0 Å². The third-order valence-corrected chi connectivity index (χ3v) is 3.57. The topological polar surface area (TPSA) is 47.4 Å². The van der Waals surface area contributed by atoms with Crippen LogP contribution in [0.25, 0.3) is 0 Å². The molecular weight excluding hydrogens is 286 g/mol. The van der Waals surface area contributed by atoms with Crippen LogP contribution in [0.2, 0.25) is 0 Å². The van der Waals surface area contributed by atoms with Crippen molar-refractivity contribution < 1.29 is 4.74 Å². The number of nitrogens with zero attached hydrogens (tertiary/aromatic N) is 3. The zero-order chi connectivity index (χ0) is 12.6. The third kappa shape index (κ3) is 2.52. The minimum absolute atomic E-state index is 0.119. The predicted molar refractivity (Wildman–Crippen MR) is 69.4 cm³/mol. The van der Waals surface area contributed by atoms with Crippen molar-refractivity contribution in [2.24, 2.45) is 7.05 Å². The normalized spacial score (nSPS) is 19.4. The number of hydrogen-bond donors (Lipinski definition) is 0. The molecule has 0 spiro atoms. The molecule has 17 heavy (non-hydrogen) atoms. The molecule has 1 saturated heterocycles. The number of rotatable bonds is 1. The van der Waals surface area contributed by atoms with Crippen LogP contribution in [0.5, 0.6) is 0 Å². The van der Waals surface area contributed by atoms with Crippen LogP contribution in [-0.4, -0.2) is 35.1 Å². The summed E-state index contributed by atoms with van der Waals surface area (Å²) >= 11 is 3.35. The summed E-state index contributed by atoms with van der Waals surface area (Å²) in [6.45, 7) is 6.27. The second-order valence-electron chi connectivity index (χ2n) is 4.80. The quantitative estimate of drug-likeness (QED) is 0.781. The Morgan fingerprint density at radius 1 is 1.53 bits per heavy atom. The Labute approximate surface area is 109 Å². The van der Waals surface area contributed by atoms with Gasteiger partial charge in [-0.3, -0.25) is 4.79 Å². The first kappa shape index (κ1) is 12.6. The van der Waals surface area contributed by atoms with Gasteiger partial charge in [0.05, 0.1) is 24.1 Å². The third-order valence-electron chi connectivity index (χ3n) is 2.83. The predicted octanol–water partition coefficient (Wildman–Crippen LogP) is 1.16. The molecule has 1 aliphatic heterocycles. The molecule has 0 bridgehead atoms. The summed E-state index contributed by atoms with van der Waals surface area (Å²) in [7, 11) is 1.64. The van der Waals surface area contributed by atoms with E-state index in [4.69, 9.17) is 4.74 Å². The first-order chi connectivity index (χ1) is 7.91. The summed E-state index contributed by atoms with van der Waals surface area (Å²) in [4.78, 5) is 13.9. The number of halogens is 1. The van der Waals surface area contributed by atoms with Crippen LogP contribution in [-0.2, 0) is 11.8 Å². The largest absolute Gasteiger partial charge is 0.372 e. The van der Waals surface area contributed by atoms with Gasteiger partial charge in [-0.15, -0.1) is 0 Å². The lowest BCUT2D eigenvalue weighted by molar-refractivity contribution is -0.0277. The van der Waals surface area contributed by atoms with Gasteiger partial charge < -0.3 is 9.64 Å². The van der Waals surface area contributed by atoms with E-state index in [1.54, 1.807) is 13.2 Å². The average Bonchev–Trinajstić information content (AvgIpc) is 2.25. The summed E-state index contributed by atoms with van der Waals surface area (Å²) in [6, 6.07) is 0. The molecule has 0 N–H and O–H groups in total. The van der Waals surface area contributed by atoms with Gasteiger partial charge >= 0.3 is 0 Å². The van der Waals surface area contributed by atoms with E-state index < -0.39 is 0 Å². The van der Waals surface area contributed by atoms with Crippen molar-refractivity contribution in [2.45, 2.75) is 19.4 Å². The Balaban J connectivity index is 2.35. The van der Waals surface area contributed by atoms with E-state index in [-0.39, 0.29) is 11.2 Å². The number of ether oxygens (including phenoxy) is 1. The van der Waals surface area contributed by atoms with Crippen LogP contribution in [0, 0.1) is 0 Å². The van der Waals surface area contributed by atoms with Gasteiger partial charge in [0.1, 0.15) is 4.47 Å². The molecule has 1 aliphatic rings. The first-order valence-corrected chi connectivity index (χ1v) is 6.31. The highest BCUT2D eigenvalue weighted by Crippen LogP contribution is 2.26. The Morgan fingerprint density at radius 2 is 2.24 bits per heavy atom. The smallest absolute Gasteiger partial charge is 0.282 e. The lowest BCUT2D eigenvalue weighted by atomic mass is 10.1. The van der Waals surface area contributed by atoms with Crippen molar-refractivity contribution in [1.82, 2.24) is 9.78 Å². The molecule has 2 rings (SSSR count). The number of morpholine rings is 1. The van der Waals surface area contributed by atoms with E-state index >= 15 is 0 Å². The fourth-order valence-electron chi connectivity index (χ4n) is 1.94. The van der Waals surface area contributed by atoms with E-state index in [9.17, 15) is 4.79 Å². The molecule has 0 saturated carbocycles. The molecule has 0 aromatic carbocycles. The van der Waals surface area contributed by atoms with Crippen molar-refractivity contribution in [3.05, 3.63) is 21.0 Å². The zero-order valence-electron chi connectivity index (χ0n) is 10.2. The molecule has 1 aromatic rings. The lowest BCUT2D eigenvalue weighted by Gasteiger charge is -2.39. The van der Waals surface area contributed by atoms with Crippen LogP contribution in [0.3, 0.4) is 0 Å². The fourth-order valence-corrected chi connectivity index (χ4v) is 2.55. The first-order valence-electron chi connectivity index (χ1n) is 5.51. The van der Waals surface area contributed by atoms with Gasteiger partial charge in [-0.1, -0.05) is 0 Å². The minimum atomic E-state index is -0.196. The van der Waals surface area contributed by atoms with Crippen LogP contribution in [0.1, 0.15) is 13.8 Å². The van der Waals surface area contributed by atoms with Gasteiger partial charge in [0.2, 0.25) is 0 Å². The summed E-state index contributed by atoms with van der Waals surface area (Å²) in [5, 5.41) is 4.05. The van der Waals surface area contributed by atoms with Gasteiger partial charge in [-0.05, 0) is 29.8 Å². The van der Waals surface area contributed by atoms with Crippen molar-refractivity contribution in [3.8, 4) is 0 Å². The van der Waals surface area contributed by atoms with Gasteiger partial charge in [0, 0.05) is 20.1 Å². The maximum Gasteiger partial charge on any atom is 0.282 e. The minimum Gasteiger partial charge on any atom is -0.372 e.